The Morgan fingerprint density at radius 1 is 1.21 bits per heavy atom. The van der Waals surface area contributed by atoms with E-state index in [4.69, 9.17) is 5.73 Å². The van der Waals surface area contributed by atoms with E-state index in [1.165, 1.54) is 16.9 Å². The minimum absolute atomic E-state index is 0. The molecule has 1 atom stereocenters. The quantitative estimate of drug-likeness (QED) is 0.424. The van der Waals surface area contributed by atoms with Gasteiger partial charge in [0.2, 0.25) is 0 Å². The number of phenols is 1. The van der Waals surface area contributed by atoms with Gasteiger partial charge in [0.1, 0.15) is 10.4 Å². The van der Waals surface area contributed by atoms with Gasteiger partial charge >= 0.3 is 0 Å². The highest BCUT2D eigenvalue weighted by Gasteiger charge is 2.17. The Morgan fingerprint density at radius 2 is 1.93 bits per heavy atom. The Bertz CT molecular complexity index is 1190. The topological polar surface area (TPSA) is 79.1 Å². The predicted molar refractivity (Wildman–Crippen MR) is 121 cm³/mol. The SMILES string of the molecule is CCC(CN)c1ccc(-c2c(O)cc(C)c3[nH]c(=O)c4sccc4c23)cc1.Cl. The molecule has 0 aliphatic rings. The van der Waals surface area contributed by atoms with Gasteiger partial charge in [0.15, 0.2) is 0 Å². The molecule has 0 amide bonds. The number of aromatic amines is 1. The molecule has 0 radical (unpaired) electrons. The zero-order valence-corrected chi connectivity index (χ0v) is 17.4. The molecule has 146 valence electrons. The lowest BCUT2D eigenvalue weighted by Crippen LogP contribution is -2.11. The van der Waals surface area contributed by atoms with Gasteiger partial charge in [-0.3, -0.25) is 4.79 Å². The predicted octanol–water partition coefficient (Wildman–Crippen LogP) is 5.30. The highest BCUT2D eigenvalue weighted by Crippen LogP contribution is 2.41. The molecule has 2 heterocycles. The number of nitrogens with two attached hydrogens (primary N) is 1. The van der Waals surface area contributed by atoms with Gasteiger partial charge in [0.05, 0.1) is 5.52 Å². The molecule has 28 heavy (non-hydrogen) atoms. The van der Waals surface area contributed by atoms with E-state index in [9.17, 15) is 9.90 Å². The molecule has 0 aliphatic carbocycles. The van der Waals surface area contributed by atoms with E-state index < -0.39 is 0 Å². The lowest BCUT2D eigenvalue weighted by atomic mass is 9.91. The maximum absolute atomic E-state index is 12.4. The van der Waals surface area contributed by atoms with E-state index in [1.807, 2.05) is 30.5 Å². The van der Waals surface area contributed by atoms with Crippen LogP contribution >= 0.6 is 23.7 Å². The van der Waals surface area contributed by atoms with Crippen LogP contribution < -0.4 is 11.3 Å². The highest BCUT2D eigenvalue weighted by molar-refractivity contribution is 7.17. The lowest BCUT2D eigenvalue weighted by Gasteiger charge is -2.16. The summed E-state index contributed by atoms with van der Waals surface area (Å²) in [5, 5.41) is 14.5. The molecule has 6 heteroatoms. The molecule has 0 saturated carbocycles. The van der Waals surface area contributed by atoms with Crippen LogP contribution in [0.3, 0.4) is 0 Å². The van der Waals surface area contributed by atoms with Crippen LogP contribution in [0.25, 0.3) is 32.1 Å². The van der Waals surface area contributed by atoms with Crippen LogP contribution in [0.2, 0.25) is 0 Å². The fourth-order valence-corrected chi connectivity index (χ4v) is 4.63. The molecule has 2 aromatic heterocycles. The van der Waals surface area contributed by atoms with E-state index >= 15 is 0 Å². The number of hydrogen-bond donors (Lipinski definition) is 3. The van der Waals surface area contributed by atoms with Gasteiger partial charge in [-0.15, -0.1) is 23.7 Å². The Kier molecular flexibility index (Phi) is 5.79. The van der Waals surface area contributed by atoms with E-state index in [1.54, 1.807) is 6.07 Å². The molecule has 4 aromatic rings. The Hall–Kier alpha value is -2.34. The van der Waals surface area contributed by atoms with Crippen molar-refractivity contribution in [2.75, 3.05) is 6.54 Å². The van der Waals surface area contributed by atoms with Gasteiger partial charge < -0.3 is 15.8 Å². The summed E-state index contributed by atoms with van der Waals surface area (Å²) < 4.78 is 0.680. The third-order valence-corrected chi connectivity index (χ3v) is 6.24. The zero-order valence-electron chi connectivity index (χ0n) is 15.8. The Balaban J connectivity index is 0.00000225. The first-order chi connectivity index (χ1) is 13.0. The van der Waals surface area contributed by atoms with Crippen molar-refractivity contribution < 1.29 is 5.11 Å². The highest BCUT2D eigenvalue weighted by atomic mass is 35.5. The second-order valence-electron chi connectivity index (χ2n) is 6.92. The number of benzene rings is 2. The van der Waals surface area contributed by atoms with E-state index in [0.717, 1.165) is 39.4 Å². The summed E-state index contributed by atoms with van der Waals surface area (Å²) >= 11 is 1.42. The van der Waals surface area contributed by atoms with Gasteiger partial charge in [-0.1, -0.05) is 31.2 Å². The first-order valence-electron chi connectivity index (χ1n) is 9.11. The van der Waals surface area contributed by atoms with Crippen LogP contribution in [-0.2, 0) is 0 Å². The van der Waals surface area contributed by atoms with Crippen molar-refractivity contribution >= 4 is 44.7 Å². The molecule has 4 N–H and O–H groups in total. The van der Waals surface area contributed by atoms with Crippen molar-refractivity contribution in [1.29, 1.82) is 0 Å². The van der Waals surface area contributed by atoms with E-state index in [0.29, 0.717) is 17.2 Å². The Labute approximate surface area is 173 Å². The number of aryl methyl sites for hydroxylation is 1. The van der Waals surface area contributed by atoms with Gasteiger partial charge in [-0.2, -0.15) is 0 Å². The molecule has 1 unspecified atom stereocenters. The summed E-state index contributed by atoms with van der Waals surface area (Å²) in [4.78, 5) is 15.4. The molecule has 0 fully saturated rings. The maximum atomic E-state index is 12.4. The summed E-state index contributed by atoms with van der Waals surface area (Å²) in [6.45, 7) is 4.65. The minimum Gasteiger partial charge on any atom is -0.507 e. The number of rotatable bonds is 4. The van der Waals surface area contributed by atoms with Gasteiger partial charge in [0, 0.05) is 16.3 Å². The monoisotopic (exact) mass is 414 g/mol. The molecule has 0 aliphatic heterocycles. The number of aromatic hydroxyl groups is 1. The minimum atomic E-state index is -0.0867. The lowest BCUT2D eigenvalue weighted by molar-refractivity contribution is 0.477. The van der Waals surface area contributed by atoms with E-state index in [-0.39, 0.29) is 23.7 Å². The standard InChI is InChI=1S/C22H22N2O2S.ClH/c1-3-13(11-23)14-4-6-15(7-5-14)18-17(25)10-12(2)20-19(18)16-8-9-27-21(16)22(26)24-20;/h4-10,13,25H,3,11,23H2,1-2H3,(H,24,26);1H. The normalized spacial score (nSPS) is 12.2. The summed E-state index contributed by atoms with van der Waals surface area (Å²) in [6, 6.07) is 11.9. The number of H-pyrrole nitrogens is 1. The largest absolute Gasteiger partial charge is 0.507 e. The van der Waals surface area contributed by atoms with Crippen molar-refractivity contribution in [3.05, 3.63) is 63.3 Å². The number of halogens is 1. The number of pyridine rings is 1. The van der Waals surface area contributed by atoms with Crippen molar-refractivity contribution in [2.24, 2.45) is 5.73 Å². The molecular weight excluding hydrogens is 392 g/mol. The first kappa shape index (κ1) is 20.4. The second kappa shape index (κ2) is 7.95. The van der Waals surface area contributed by atoms with Gasteiger partial charge in [0.25, 0.3) is 5.56 Å². The number of fused-ring (bicyclic) bond motifs is 3. The summed E-state index contributed by atoms with van der Waals surface area (Å²) in [6.07, 6.45) is 0.991. The summed E-state index contributed by atoms with van der Waals surface area (Å²) in [5.74, 6) is 0.556. The second-order valence-corrected chi connectivity index (χ2v) is 7.83. The third-order valence-electron chi connectivity index (χ3n) is 5.33. The van der Waals surface area contributed by atoms with Gasteiger partial charge in [-0.25, -0.2) is 0 Å². The number of aromatic nitrogens is 1. The van der Waals surface area contributed by atoms with E-state index in [2.05, 4.69) is 24.0 Å². The van der Waals surface area contributed by atoms with Crippen LogP contribution in [0, 0.1) is 6.92 Å². The molecular formula is C22H23ClN2O2S. The van der Waals surface area contributed by atoms with Crippen LogP contribution in [-0.4, -0.2) is 16.6 Å². The van der Waals surface area contributed by atoms with Crippen LogP contribution in [0.4, 0.5) is 0 Å². The molecule has 0 bridgehead atoms. The smallest absolute Gasteiger partial charge is 0.266 e. The molecule has 0 spiro atoms. The number of thiophene rings is 1. The summed E-state index contributed by atoms with van der Waals surface area (Å²) in [5.41, 5.74) is 10.3. The van der Waals surface area contributed by atoms with Crippen LogP contribution in [0.15, 0.2) is 46.6 Å². The van der Waals surface area contributed by atoms with Gasteiger partial charge in [-0.05, 0) is 60.0 Å². The first-order valence-corrected chi connectivity index (χ1v) is 9.99. The number of nitrogens with one attached hydrogen (secondary N) is 1. The number of hydrogen-bond acceptors (Lipinski definition) is 4. The average Bonchev–Trinajstić information content (AvgIpc) is 3.15. The fraction of sp³-hybridized carbons (Fsp3) is 0.227. The molecule has 0 saturated heterocycles. The average molecular weight is 415 g/mol. The van der Waals surface area contributed by atoms with Crippen molar-refractivity contribution in [1.82, 2.24) is 4.98 Å². The summed E-state index contributed by atoms with van der Waals surface area (Å²) in [7, 11) is 0. The molecule has 4 nitrogen and oxygen atoms in total. The third kappa shape index (κ3) is 3.20. The molecule has 4 rings (SSSR count). The molecule has 2 aromatic carbocycles. The van der Waals surface area contributed by atoms with Crippen LogP contribution in [0.1, 0.15) is 30.4 Å². The van der Waals surface area contributed by atoms with Crippen LogP contribution in [0.5, 0.6) is 5.75 Å². The maximum Gasteiger partial charge on any atom is 0.266 e. The number of phenolic OH excluding ortho intramolecular Hbond substituents is 1. The van der Waals surface area contributed by atoms with Crippen molar-refractivity contribution in [3.8, 4) is 16.9 Å². The Morgan fingerprint density at radius 3 is 2.57 bits per heavy atom. The zero-order chi connectivity index (χ0) is 19.1. The van der Waals surface area contributed by atoms with Crippen molar-refractivity contribution in [3.63, 3.8) is 0 Å². The van der Waals surface area contributed by atoms with Crippen molar-refractivity contribution in [2.45, 2.75) is 26.2 Å². The fourth-order valence-electron chi connectivity index (χ4n) is 3.83.